The first-order valence-corrected chi connectivity index (χ1v) is 5.28. The quantitative estimate of drug-likeness (QED) is 0.735. The molecule has 0 aromatic carbocycles. The standard InChI is InChI=1S/C11H16O5/c1-4-15-10(13)8-7(5-6(2)3)16-11(14)9(8)12/h6-7,12H,4-5H2,1-3H3. The van der Waals surface area contributed by atoms with Crippen molar-refractivity contribution >= 4 is 11.9 Å². The Morgan fingerprint density at radius 2 is 2.19 bits per heavy atom. The molecule has 1 aliphatic rings. The van der Waals surface area contributed by atoms with Gasteiger partial charge in [0.15, 0.2) is 0 Å². The molecular formula is C11H16O5. The third-order valence-electron chi connectivity index (χ3n) is 2.20. The van der Waals surface area contributed by atoms with Gasteiger partial charge < -0.3 is 14.6 Å². The molecule has 5 heteroatoms. The predicted molar refractivity (Wildman–Crippen MR) is 55.6 cm³/mol. The number of ether oxygens (including phenoxy) is 2. The molecule has 0 aliphatic carbocycles. The van der Waals surface area contributed by atoms with Crippen LogP contribution in [0.2, 0.25) is 0 Å². The van der Waals surface area contributed by atoms with Crippen LogP contribution in [0.4, 0.5) is 0 Å². The lowest BCUT2D eigenvalue weighted by molar-refractivity contribution is -0.143. The highest BCUT2D eigenvalue weighted by Gasteiger charge is 2.39. The van der Waals surface area contributed by atoms with E-state index in [0.29, 0.717) is 6.42 Å². The molecule has 0 spiro atoms. The van der Waals surface area contributed by atoms with Crippen LogP contribution < -0.4 is 0 Å². The van der Waals surface area contributed by atoms with Crippen LogP contribution in [-0.4, -0.2) is 29.8 Å². The highest BCUT2D eigenvalue weighted by Crippen LogP contribution is 2.27. The molecule has 0 radical (unpaired) electrons. The Morgan fingerprint density at radius 3 is 2.69 bits per heavy atom. The van der Waals surface area contributed by atoms with Crippen LogP contribution in [0.15, 0.2) is 11.3 Å². The summed E-state index contributed by atoms with van der Waals surface area (Å²) < 4.78 is 9.67. The normalized spacial score (nSPS) is 20.2. The molecule has 1 aliphatic heterocycles. The molecular weight excluding hydrogens is 212 g/mol. The first kappa shape index (κ1) is 12.5. The smallest absolute Gasteiger partial charge is 0.374 e. The first-order valence-electron chi connectivity index (χ1n) is 5.28. The summed E-state index contributed by atoms with van der Waals surface area (Å²) in [6, 6.07) is 0. The average Bonchev–Trinajstić information content (AvgIpc) is 2.41. The van der Waals surface area contributed by atoms with Gasteiger partial charge in [0.2, 0.25) is 5.76 Å². The van der Waals surface area contributed by atoms with Crippen LogP contribution in [0.25, 0.3) is 0 Å². The number of cyclic esters (lactones) is 1. The van der Waals surface area contributed by atoms with Gasteiger partial charge in [0.1, 0.15) is 11.7 Å². The van der Waals surface area contributed by atoms with Crippen molar-refractivity contribution in [1.29, 1.82) is 0 Å². The monoisotopic (exact) mass is 228 g/mol. The number of rotatable bonds is 4. The molecule has 0 fully saturated rings. The summed E-state index contributed by atoms with van der Waals surface area (Å²) in [5, 5.41) is 9.44. The number of aliphatic hydroxyl groups is 1. The van der Waals surface area contributed by atoms with Gasteiger partial charge in [-0.05, 0) is 19.3 Å². The van der Waals surface area contributed by atoms with Crippen LogP contribution in [0.5, 0.6) is 0 Å². The van der Waals surface area contributed by atoms with E-state index in [1.54, 1.807) is 6.92 Å². The lowest BCUT2D eigenvalue weighted by Crippen LogP contribution is -2.21. The van der Waals surface area contributed by atoms with Crippen LogP contribution in [-0.2, 0) is 19.1 Å². The number of hydrogen-bond donors (Lipinski definition) is 1. The largest absolute Gasteiger partial charge is 0.501 e. The van der Waals surface area contributed by atoms with Gasteiger partial charge in [0, 0.05) is 0 Å². The molecule has 1 atom stereocenters. The summed E-state index contributed by atoms with van der Waals surface area (Å²) in [5.41, 5.74) is -0.0550. The molecule has 1 N–H and O–H groups in total. The first-order chi connectivity index (χ1) is 7.47. The molecule has 90 valence electrons. The van der Waals surface area contributed by atoms with E-state index >= 15 is 0 Å². The van der Waals surface area contributed by atoms with Gasteiger partial charge in [0.05, 0.1) is 6.61 Å². The summed E-state index contributed by atoms with van der Waals surface area (Å²) in [6.07, 6.45) is -0.198. The van der Waals surface area contributed by atoms with Gasteiger partial charge in [-0.3, -0.25) is 0 Å². The molecule has 0 bridgehead atoms. The third kappa shape index (κ3) is 2.53. The van der Waals surface area contributed by atoms with Gasteiger partial charge in [-0.25, -0.2) is 9.59 Å². The second-order valence-electron chi connectivity index (χ2n) is 4.01. The minimum Gasteiger partial charge on any atom is -0.501 e. The zero-order chi connectivity index (χ0) is 12.3. The van der Waals surface area contributed by atoms with Crippen molar-refractivity contribution in [2.24, 2.45) is 5.92 Å². The van der Waals surface area contributed by atoms with Gasteiger partial charge in [0.25, 0.3) is 0 Å². The fourth-order valence-corrected chi connectivity index (χ4v) is 1.54. The Kier molecular flexibility index (Phi) is 3.93. The van der Waals surface area contributed by atoms with Crippen molar-refractivity contribution in [2.75, 3.05) is 6.61 Å². The maximum Gasteiger partial charge on any atom is 0.374 e. The van der Waals surface area contributed by atoms with Crippen molar-refractivity contribution in [2.45, 2.75) is 33.3 Å². The molecule has 1 rings (SSSR count). The maximum atomic E-state index is 11.5. The predicted octanol–water partition coefficient (Wildman–Crippen LogP) is 1.33. The van der Waals surface area contributed by atoms with Crippen LogP contribution in [0.3, 0.4) is 0 Å². The lowest BCUT2D eigenvalue weighted by atomic mass is 10.00. The summed E-state index contributed by atoms with van der Waals surface area (Å²) in [7, 11) is 0. The zero-order valence-corrected chi connectivity index (χ0v) is 9.65. The molecule has 5 nitrogen and oxygen atoms in total. The van der Waals surface area contributed by atoms with Crippen molar-refractivity contribution in [3.63, 3.8) is 0 Å². The van der Waals surface area contributed by atoms with Gasteiger partial charge in [-0.1, -0.05) is 13.8 Å². The molecule has 0 aromatic heterocycles. The van der Waals surface area contributed by atoms with Crippen molar-refractivity contribution in [1.82, 2.24) is 0 Å². The van der Waals surface area contributed by atoms with E-state index in [9.17, 15) is 14.7 Å². The maximum absolute atomic E-state index is 11.5. The van der Waals surface area contributed by atoms with Crippen LogP contribution in [0.1, 0.15) is 27.2 Å². The molecule has 0 amide bonds. The highest BCUT2D eigenvalue weighted by atomic mass is 16.6. The number of carbonyl (C=O) groups is 2. The highest BCUT2D eigenvalue weighted by molar-refractivity contribution is 6.02. The van der Waals surface area contributed by atoms with Gasteiger partial charge in [-0.15, -0.1) is 0 Å². The Balaban J connectivity index is 2.88. The second kappa shape index (κ2) is 5.01. The summed E-state index contributed by atoms with van der Waals surface area (Å²) >= 11 is 0. The molecule has 1 unspecified atom stereocenters. The Bertz CT molecular complexity index is 329. The van der Waals surface area contributed by atoms with E-state index in [2.05, 4.69) is 0 Å². The summed E-state index contributed by atoms with van der Waals surface area (Å²) in [4.78, 5) is 22.7. The van der Waals surface area contributed by atoms with E-state index in [-0.39, 0.29) is 18.1 Å². The van der Waals surface area contributed by atoms with Gasteiger partial charge in [-0.2, -0.15) is 0 Å². The molecule has 1 heterocycles. The Hall–Kier alpha value is -1.52. The fraction of sp³-hybridized carbons (Fsp3) is 0.636. The second-order valence-corrected chi connectivity index (χ2v) is 4.01. The molecule has 16 heavy (non-hydrogen) atoms. The Labute approximate surface area is 94.0 Å². The van der Waals surface area contributed by atoms with Crippen LogP contribution in [0, 0.1) is 5.92 Å². The SMILES string of the molecule is CCOC(=O)C1=C(O)C(=O)OC1CC(C)C. The number of aliphatic hydroxyl groups excluding tert-OH is 1. The van der Waals surface area contributed by atoms with E-state index < -0.39 is 23.8 Å². The van der Waals surface area contributed by atoms with Gasteiger partial charge >= 0.3 is 11.9 Å². The third-order valence-corrected chi connectivity index (χ3v) is 2.20. The average molecular weight is 228 g/mol. The van der Waals surface area contributed by atoms with E-state index in [0.717, 1.165) is 0 Å². The number of esters is 2. The van der Waals surface area contributed by atoms with E-state index in [1.165, 1.54) is 0 Å². The molecule has 0 aromatic rings. The number of carbonyl (C=O) groups excluding carboxylic acids is 2. The Morgan fingerprint density at radius 1 is 1.56 bits per heavy atom. The molecule has 0 saturated heterocycles. The lowest BCUT2D eigenvalue weighted by Gasteiger charge is -2.14. The topological polar surface area (TPSA) is 72.8 Å². The fourth-order valence-electron chi connectivity index (χ4n) is 1.54. The van der Waals surface area contributed by atoms with Crippen molar-refractivity contribution in [3.05, 3.63) is 11.3 Å². The minimum absolute atomic E-state index is 0.0550. The van der Waals surface area contributed by atoms with Crippen molar-refractivity contribution < 1.29 is 24.2 Å². The molecule has 0 saturated carbocycles. The summed E-state index contributed by atoms with van der Waals surface area (Å²) in [5.74, 6) is -1.91. The minimum atomic E-state index is -0.853. The zero-order valence-electron chi connectivity index (χ0n) is 9.65. The summed E-state index contributed by atoms with van der Waals surface area (Å²) in [6.45, 7) is 5.72. The van der Waals surface area contributed by atoms with E-state index in [1.807, 2.05) is 13.8 Å². The van der Waals surface area contributed by atoms with Crippen LogP contribution >= 0.6 is 0 Å². The van der Waals surface area contributed by atoms with Crippen molar-refractivity contribution in [3.8, 4) is 0 Å². The van der Waals surface area contributed by atoms with E-state index in [4.69, 9.17) is 9.47 Å². The number of hydrogen-bond acceptors (Lipinski definition) is 5.